The van der Waals surface area contributed by atoms with E-state index in [1.165, 1.54) is 31.0 Å². The molecule has 2 amide bonds. The van der Waals surface area contributed by atoms with Crippen LogP contribution >= 0.6 is 11.8 Å². The summed E-state index contributed by atoms with van der Waals surface area (Å²) in [5.41, 5.74) is 1.32. The van der Waals surface area contributed by atoms with Crippen LogP contribution in [-0.4, -0.2) is 47.4 Å². The minimum Gasteiger partial charge on any atom is -0.494 e. The molecule has 1 saturated heterocycles. The Morgan fingerprint density at radius 2 is 1.85 bits per heavy atom. The van der Waals surface area contributed by atoms with Crippen molar-refractivity contribution in [3.05, 3.63) is 48.5 Å². The molecule has 0 spiro atoms. The number of anilines is 1. The molecular formula is C26H33N3O4S. The van der Waals surface area contributed by atoms with Crippen LogP contribution in [0.15, 0.2) is 53.5 Å². The number of amides is 2. The highest BCUT2D eigenvalue weighted by Gasteiger charge is 2.38. The van der Waals surface area contributed by atoms with Gasteiger partial charge in [-0.3, -0.25) is 14.5 Å². The van der Waals surface area contributed by atoms with Gasteiger partial charge in [-0.25, -0.2) is 4.99 Å². The highest BCUT2D eigenvalue weighted by molar-refractivity contribution is 8.15. The molecule has 1 N–H and O–H groups in total. The fraction of sp³-hybridized carbons (Fsp3) is 0.423. The number of nitrogens with zero attached hydrogens (tertiary/aromatic N) is 2. The van der Waals surface area contributed by atoms with E-state index < -0.39 is 5.25 Å². The van der Waals surface area contributed by atoms with E-state index in [4.69, 9.17) is 9.47 Å². The van der Waals surface area contributed by atoms with Crippen molar-refractivity contribution in [2.45, 2.75) is 51.2 Å². The SMILES string of the molecule is CCCCCCOc1ccc(NC(=O)C[C@@H]2SC(=Nc3ccccc3OC)N(CC)C2=O)cc1. The van der Waals surface area contributed by atoms with E-state index in [9.17, 15) is 9.59 Å². The molecule has 182 valence electrons. The van der Waals surface area contributed by atoms with Gasteiger partial charge in [0.05, 0.1) is 13.7 Å². The molecule has 2 aromatic carbocycles. The molecule has 1 fully saturated rings. The first-order chi connectivity index (χ1) is 16.5. The van der Waals surface area contributed by atoms with Crippen LogP contribution in [0.2, 0.25) is 0 Å². The lowest BCUT2D eigenvalue weighted by Gasteiger charge is -2.14. The van der Waals surface area contributed by atoms with Gasteiger partial charge in [0.25, 0.3) is 0 Å². The number of thioether (sulfide) groups is 1. The lowest BCUT2D eigenvalue weighted by molar-refractivity contribution is -0.128. The van der Waals surface area contributed by atoms with Gasteiger partial charge >= 0.3 is 0 Å². The number of ether oxygens (including phenoxy) is 2. The highest BCUT2D eigenvalue weighted by atomic mass is 32.2. The second-order valence-corrected chi connectivity index (χ2v) is 9.11. The molecule has 0 aliphatic carbocycles. The highest BCUT2D eigenvalue weighted by Crippen LogP contribution is 2.34. The maximum Gasteiger partial charge on any atom is 0.242 e. The quantitative estimate of drug-likeness (QED) is 0.396. The van der Waals surface area contributed by atoms with Crippen molar-refractivity contribution in [1.29, 1.82) is 0 Å². The molecular weight excluding hydrogens is 450 g/mol. The van der Waals surface area contributed by atoms with E-state index >= 15 is 0 Å². The van der Waals surface area contributed by atoms with Crippen LogP contribution in [0.5, 0.6) is 11.5 Å². The minimum atomic E-state index is -0.515. The first kappa shape index (κ1) is 25.6. The van der Waals surface area contributed by atoms with Gasteiger partial charge in [0.2, 0.25) is 11.8 Å². The van der Waals surface area contributed by atoms with E-state index in [1.807, 2.05) is 55.5 Å². The van der Waals surface area contributed by atoms with Crippen molar-refractivity contribution in [3.63, 3.8) is 0 Å². The molecule has 1 atom stereocenters. The average molecular weight is 484 g/mol. The number of nitrogens with one attached hydrogen (secondary N) is 1. The first-order valence-electron chi connectivity index (χ1n) is 11.8. The molecule has 1 aliphatic heterocycles. The van der Waals surface area contributed by atoms with Crippen molar-refractivity contribution in [2.24, 2.45) is 4.99 Å². The number of hydrogen-bond donors (Lipinski definition) is 1. The Kier molecular flexibility index (Phi) is 9.82. The molecule has 0 saturated carbocycles. The van der Waals surface area contributed by atoms with Gasteiger partial charge in [-0.15, -0.1) is 0 Å². The molecule has 7 nitrogen and oxygen atoms in total. The van der Waals surface area contributed by atoms with Crippen LogP contribution in [0.3, 0.4) is 0 Å². The predicted molar refractivity (Wildman–Crippen MR) is 138 cm³/mol. The number of carbonyl (C=O) groups excluding carboxylic acids is 2. The summed E-state index contributed by atoms with van der Waals surface area (Å²) in [6.45, 7) is 5.26. The molecule has 0 radical (unpaired) electrons. The molecule has 3 rings (SSSR count). The van der Waals surface area contributed by atoms with E-state index in [-0.39, 0.29) is 18.2 Å². The fourth-order valence-corrected chi connectivity index (χ4v) is 4.79. The largest absolute Gasteiger partial charge is 0.494 e. The lowest BCUT2D eigenvalue weighted by Crippen LogP contribution is -2.33. The maximum absolute atomic E-state index is 12.9. The topological polar surface area (TPSA) is 80.2 Å². The van der Waals surface area contributed by atoms with E-state index in [0.717, 1.165) is 12.2 Å². The Balaban J connectivity index is 1.56. The second kappa shape index (κ2) is 13.0. The Labute approximate surface area is 205 Å². The van der Waals surface area contributed by atoms with Gasteiger partial charge in [-0.2, -0.15) is 0 Å². The summed E-state index contributed by atoms with van der Waals surface area (Å²) in [5.74, 6) is 1.09. The van der Waals surface area contributed by atoms with Gasteiger partial charge in [0.15, 0.2) is 5.17 Å². The normalized spacial score (nSPS) is 16.7. The zero-order valence-corrected chi connectivity index (χ0v) is 20.9. The number of aliphatic imine (C=N–C) groups is 1. The first-order valence-corrected chi connectivity index (χ1v) is 12.7. The van der Waals surface area contributed by atoms with Crippen molar-refractivity contribution < 1.29 is 19.1 Å². The summed E-state index contributed by atoms with van der Waals surface area (Å²) in [5, 5.41) is 2.94. The van der Waals surface area contributed by atoms with Crippen LogP contribution < -0.4 is 14.8 Å². The summed E-state index contributed by atoms with van der Waals surface area (Å²) >= 11 is 1.31. The molecule has 0 unspecified atom stereocenters. The van der Waals surface area contributed by atoms with Crippen LogP contribution in [0, 0.1) is 0 Å². The molecule has 34 heavy (non-hydrogen) atoms. The van der Waals surface area contributed by atoms with E-state index in [1.54, 1.807) is 12.0 Å². The predicted octanol–water partition coefficient (Wildman–Crippen LogP) is 5.63. The molecule has 1 aliphatic rings. The van der Waals surface area contributed by atoms with E-state index in [0.29, 0.717) is 35.4 Å². The second-order valence-electron chi connectivity index (χ2n) is 7.94. The van der Waals surface area contributed by atoms with Crippen LogP contribution in [-0.2, 0) is 9.59 Å². The molecule has 0 bridgehead atoms. The fourth-order valence-electron chi connectivity index (χ4n) is 3.58. The number of rotatable bonds is 12. The van der Waals surface area contributed by atoms with Crippen LogP contribution in [0.4, 0.5) is 11.4 Å². The number of hydrogen-bond acceptors (Lipinski definition) is 6. The number of para-hydroxylation sites is 2. The van der Waals surface area contributed by atoms with Gasteiger partial charge < -0.3 is 14.8 Å². The Morgan fingerprint density at radius 3 is 2.56 bits per heavy atom. The summed E-state index contributed by atoms with van der Waals surface area (Å²) in [6.07, 6.45) is 4.70. The number of benzene rings is 2. The average Bonchev–Trinajstić information content (AvgIpc) is 3.13. The standard InChI is InChI=1S/C26H33N3O4S/c1-4-6-7-10-17-33-20-15-13-19(14-16-20)27-24(30)18-23-25(31)29(5-2)26(34-23)28-21-11-8-9-12-22(21)32-3/h8-9,11-16,23H,4-7,10,17-18H2,1-3H3,(H,27,30)/t23-/m0/s1. The van der Waals surface area contributed by atoms with Gasteiger partial charge in [0, 0.05) is 18.7 Å². The van der Waals surface area contributed by atoms with Crippen molar-refractivity contribution >= 4 is 40.1 Å². The summed E-state index contributed by atoms with van der Waals surface area (Å²) < 4.78 is 11.1. The smallest absolute Gasteiger partial charge is 0.242 e. The van der Waals surface area contributed by atoms with Gasteiger partial charge in [-0.1, -0.05) is 50.1 Å². The number of carbonyl (C=O) groups is 2. The van der Waals surface area contributed by atoms with Crippen molar-refractivity contribution in [1.82, 2.24) is 4.90 Å². The lowest BCUT2D eigenvalue weighted by atomic mass is 10.2. The summed E-state index contributed by atoms with van der Waals surface area (Å²) in [6, 6.07) is 14.7. The molecule has 0 aromatic heterocycles. The molecule has 1 heterocycles. The number of methoxy groups -OCH3 is 1. The minimum absolute atomic E-state index is 0.0701. The molecule has 8 heteroatoms. The third kappa shape index (κ3) is 7.00. The third-order valence-corrected chi connectivity index (χ3v) is 6.59. The Hall–Kier alpha value is -3.00. The van der Waals surface area contributed by atoms with E-state index in [2.05, 4.69) is 17.2 Å². The zero-order chi connectivity index (χ0) is 24.3. The Bertz CT molecular complexity index is 994. The molecule has 2 aromatic rings. The van der Waals surface area contributed by atoms with Gasteiger partial charge in [0.1, 0.15) is 22.4 Å². The summed E-state index contributed by atoms with van der Waals surface area (Å²) in [7, 11) is 1.59. The zero-order valence-electron chi connectivity index (χ0n) is 20.1. The summed E-state index contributed by atoms with van der Waals surface area (Å²) in [4.78, 5) is 31.8. The number of unbranched alkanes of at least 4 members (excludes halogenated alkanes) is 3. The third-order valence-electron chi connectivity index (χ3n) is 5.41. The number of amidine groups is 1. The monoisotopic (exact) mass is 483 g/mol. The van der Waals surface area contributed by atoms with Crippen molar-refractivity contribution in [2.75, 3.05) is 25.6 Å². The maximum atomic E-state index is 12.9. The van der Waals surface area contributed by atoms with Crippen molar-refractivity contribution in [3.8, 4) is 11.5 Å². The van der Waals surface area contributed by atoms with Gasteiger partial charge in [-0.05, 0) is 49.7 Å². The Morgan fingerprint density at radius 1 is 1.09 bits per heavy atom. The van der Waals surface area contributed by atoms with Crippen LogP contribution in [0.25, 0.3) is 0 Å². The van der Waals surface area contributed by atoms with Crippen LogP contribution in [0.1, 0.15) is 46.0 Å².